The summed E-state index contributed by atoms with van der Waals surface area (Å²) in [5, 5.41) is 0. The van der Waals surface area contributed by atoms with Crippen LogP contribution in [0.4, 0.5) is 0 Å². The first kappa shape index (κ1) is 15.0. The number of thiophene rings is 1. The summed E-state index contributed by atoms with van der Waals surface area (Å²) < 4.78 is 26.7. The molecular weight excluding hydrogens is 344 g/mol. The molecule has 0 aromatic carbocycles. The van der Waals surface area contributed by atoms with Crippen LogP contribution in [0.5, 0.6) is 0 Å². The van der Waals surface area contributed by atoms with Crippen molar-refractivity contribution >= 4 is 54.5 Å². The topological polar surface area (TPSA) is 63.4 Å². The molecule has 17 heavy (non-hydrogen) atoms. The largest absolute Gasteiger partial charge is 0.393 e. The van der Waals surface area contributed by atoms with Crippen LogP contribution in [0, 0.1) is 6.92 Å². The van der Waals surface area contributed by atoms with E-state index < -0.39 is 10.0 Å². The molecule has 0 unspecified atom stereocenters. The van der Waals surface area contributed by atoms with Crippen molar-refractivity contribution in [1.29, 1.82) is 0 Å². The maximum Gasteiger partial charge on any atom is 0.252 e. The van der Waals surface area contributed by atoms with Crippen LogP contribution in [0.15, 0.2) is 14.1 Å². The third-order valence-electron chi connectivity index (χ3n) is 2.17. The summed E-state index contributed by atoms with van der Waals surface area (Å²) in [4.78, 5) is 0.315. The Bertz CT molecular complexity index is 505. The molecule has 0 amide bonds. The number of hydrogen-bond acceptors (Lipinski definition) is 4. The number of nitrogens with two attached hydrogens (primary N) is 1. The molecule has 4 nitrogen and oxygen atoms in total. The Morgan fingerprint density at radius 2 is 2.24 bits per heavy atom. The van der Waals surface area contributed by atoms with Crippen LogP contribution >= 0.6 is 39.5 Å². The zero-order valence-electron chi connectivity index (χ0n) is 9.44. The van der Waals surface area contributed by atoms with Gasteiger partial charge in [-0.3, -0.25) is 0 Å². The highest BCUT2D eigenvalue weighted by atomic mass is 79.9. The lowest BCUT2D eigenvalue weighted by Crippen LogP contribution is -2.29. The van der Waals surface area contributed by atoms with Gasteiger partial charge in [0.15, 0.2) is 0 Å². The maximum absolute atomic E-state index is 12.1. The van der Waals surface area contributed by atoms with Gasteiger partial charge in [0.25, 0.3) is 10.0 Å². The summed E-state index contributed by atoms with van der Waals surface area (Å²) >= 11 is 9.25. The monoisotopic (exact) mass is 356 g/mol. The van der Waals surface area contributed by atoms with E-state index in [0.717, 1.165) is 9.35 Å². The van der Waals surface area contributed by atoms with Crippen molar-refractivity contribution in [1.82, 2.24) is 4.31 Å². The van der Waals surface area contributed by atoms with Gasteiger partial charge < -0.3 is 5.73 Å². The lowest BCUT2D eigenvalue weighted by Gasteiger charge is -2.15. The highest BCUT2D eigenvalue weighted by Crippen LogP contribution is 2.31. The number of hydrogen-bond donors (Lipinski definition) is 1. The second-order valence-electron chi connectivity index (χ2n) is 3.57. The molecule has 1 rings (SSSR count). The van der Waals surface area contributed by atoms with E-state index in [0.29, 0.717) is 22.2 Å². The van der Waals surface area contributed by atoms with Crippen molar-refractivity contribution in [3.63, 3.8) is 0 Å². The number of halogens is 1. The van der Waals surface area contributed by atoms with Crippen LogP contribution < -0.4 is 5.73 Å². The Hall–Kier alpha value is -0.0200. The quantitative estimate of drug-likeness (QED) is 0.820. The van der Waals surface area contributed by atoms with Gasteiger partial charge in [0.05, 0.1) is 8.77 Å². The molecule has 0 radical (unpaired) electrons. The highest BCUT2D eigenvalue weighted by Gasteiger charge is 2.23. The summed E-state index contributed by atoms with van der Waals surface area (Å²) in [6.07, 6.45) is 0.386. The van der Waals surface area contributed by atoms with Crippen molar-refractivity contribution in [3.8, 4) is 0 Å². The van der Waals surface area contributed by atoms with Crippen LogP contribution in [0.3, 0.4) is 0 Å². The van der Waals surface area contributed by atoms with Gasteiger partial charge in [-0.1, -0.05) is 12.2 Å². The van der Waals surface area contributed by atoms with E-state index in [4.69, 9.17) is 18.0 Å². The zero-order valence-corrected chi connectivity index (χ0v) is 13.5. The molecule has 0 saturated heterocycles. The Morgan fingerprint density at radius 1 is 1.65 bits per heavy atom. The number of sulfonamides is 1. The van der Waals surface area contributed by atoms with Gasteiger partial charge in [0, 0.05) is 20.0 Å². The summed E-state index contributed by atoms with van der Waals surface area (Å²) in [5.41, 5.74) is 6.27. The Morgan fingerprint density at radius 3 is 2.65 bits per heavy atom. The van der Waals surface area contributed by atoms with Gasteiger partial charge in [-0.25, -0.2) is 8.42 Å². The number of thiocarbonyl (C=S) groups is 1. The molecule has 0 saturated carbocycles. The minimum Gasteiger partial charge on any atom is -0.393 e. The van der Waals surface area contributed by atoms with Crippen LogP contribution in [0.2, 0.25) is 0 Å². The molecule has 1 aromatic heterocycles. The normalized spacial score (nSPS) is 12.0. The van der Waals surface area contributed by atoms with Gasteiger partial charge in [-0.05, 0) is 34.5 Å². The van der Waals surface area contributed by atoms with Crippen LogP contribution in [0.25, 0.3) is 0 Å². The molecule has 0 spiro atoms. The second kappa shape index (κ2) is 5.75. The molecule has 0 bridgehead atoms. The zero-order chi connectivity index (χ0) is 13.2. The van der Waals surface area contributed by atoms with E-state index in [1.165, 1.54) is 22.7 Å². The molecule has 0 aliphatic heterocycles. The number of nitrogens with zero attached hydrogens (tertiary/aromatic N) is 1. The summed E-state index contributed by atoms with van der Waals surface area (Å²) in [5.74, 6) is 0. The first-order valence-electron chi connectivity index (χ1n) is 4.75. The average Bonchev–Trinajstić information content (AvgIpc) is 2.56. The minimum absolute atomic E-state index is 0.298. The lowest BCUT2D eigenvalue weighted by atomic mass is 10.4. The van der Waals surface area contributed by atoms with Gasteiger partial charge in [-0.2, -0.15) is 4.31 Å². The fourth-order valence-electron chi connectivity index (χ4n) is 1.10. The standard InChI is InChI=1S/C9H13BrN2O2S3/c1-6-5-8(16-9(6)10)17(13,14)12(2)4-3-7(11)15/h5H,3-4H2,1-2H3,(H2,11,15). The third kappa shape index (κ3) is 3.72. The van der Waals surface area contributed by atoms with Crippen molar-refractivity contribution < 1.29 is 8.42 Å². The van der Waals surface area contributed by atoms with Crippen molar-refractivity contribution in [2.45, 2.75) is 17.6 Å². The summed E-state index contributed by atoms with van der Waals surface area (Å²) in [6.45, 7) is 2.15. The molecule has 0 fully saturated rings. The van der Waals surface area contributed by atoms with E-state index in [9.17, 15) is 8.42 Å². The molecular formula is C9H13BrN2O2S3. The van der Waals surface area contributed by atoms with Gasteiger partial charge in [0.1, 0.15) is 4.21 Å². The first-order chi connectivity index (χ1) is 7.75. The Balaban J connectivity index is 2.91. The van der Waals surface area contributed by atoms with Crippen molar-refractivity contribution in [3.05, 3.63) is 15.4 Å². The molecule has 0 aliphatic rings. The molecule has 2 N–H and O–H groups in total. The fraction of sp³-hybridized carbons (Fsp3) is 0.444. The third-order valence-corrected chi connectivity index (χ3v) is 6.82. The maximum atomic E-state index is 12.1. The first-order valence-corrected chi connectivity index (χ1v) is 8.21. The summed E-state index contributed by atoms with van der Waals surface area (Å²) in [6, 6.07) is 1.65. The Kier molecular flexibility index (Phi) is 5.08. The smallest absolute Gasteiger partial charge is 0.252 e. The molecule has 96 valence electrons. The number of aryl methyl sites for hydroxylation is 1. The minimum atomic E-state index is -3.43. The van der Waals surface area contributed by atoms with Crippen molar-refractivity contribution in [2.75, 3.05) is 13.6 Å². The predicted octanol–water partition coefficient (Wildman–Crippen LogP) is 2.12. The average molecular weight is 357 g/mol. The molecule has 0 aliphatic carbocycles. The van der Waals surface area contributed by atoms with Gasteiger partial charge in [-0.15, -0.1) is 11.3 Å². The van der Waals surface area contributed by atoms with Gasteiger partial charge >= 0.3 is 0 Å². The summed E-state index contributed by atoms with van der Waals surface area (Å²) in [7, 11) is -1.91. The van der Waals surface area contributed by atoms with Crippen LogP contribution in [-0.4, -0.2) is 31.3 Å². The lowest BCUT2D eigenvalue weighted by molar-refractivity contribution is 0.480. The SMILES string of the molecule is Cc1cc(S(=O)(=O)N(C)CCC(N)=S)sc1Br. The van der Waals surface area contributed by atoms with Crippen LogP contribution in [-0.2, 0) is 10.0 Å². The molecule has 1 aromatic rings. The fourth-order valence-corrected chi connectivity index (χ4v) is 4.80. The molecule has 0 atom stereocenters. The van der Waals surface area contributed by atoms with E-state index in [1.807, 2.05) is 6.92 Å². The van der Waals surface area contributed by atoms with Crippen LogP contribution in [0.1, 0.15) is 12.0 Å². The molecule has 8 heteroatoms. The highest BCUT2D eigenvalue weighted by molar-refractivity contribution is 9.11. The van der Waals surface area contributed by atoms with E-state index in [-0.39, 0.29) is 0 Å². The van der Waals surface area contributed by atoms with E-state index in [1.54, 1.807) is 6.07 Å². The van der Waals surface area contributed by atoms with E-state index >= 15 is 0 Å². The Labute approximate surface area is 119 Å². The number of rotatable bonds is 5. The van der Waals surface area contributed by atoms with Gasteiger partial charge in [0.2, 0.25) is 0 Å². The molecule has 1 heterocycles. The second-order valence-corrected chi connectivity index (χ2v) is 8.73. The van der Waals surface area contributed by atoms with E-state index in [2.05, 4.69) is 15.9 Å². The predicted molar refractivity (Wildman–Crippen MR) is 78.0 cm³/mol. The van der Waals surface area contributed by atoms with Crippen molar-refractivity contribution in [2.24, 2.45) is 5.73 Å².